The molecule has 1 amide bonds. The van der Waals surface area contributed by atoms with Crippen molar-refractivity contribution in [2.24, 2.45) is 0 Å². The van der Waals surface area contributed by atoms with Crippen LogP contribution >= 0.6 is 24.8 Å². The van der Waals surface area contributed by atoms with Gasteiger partial charge >= 0.3 is 0 Å². The Morgan fingerprint density at radius 3 is 2.36 bits per heavy atom. The minimum Gasteiger partial charge on any atom is -0.381 e. The number of likely N-dealkylation sites (N-methyl/N-ethyl adjacent to an activating group) is 1. The monoisotopic (exact) mass is 348 g/mol. The van der Waals surface area contributed by atoms with E-state index in [4.69, 9.17) is 0 Å². The lowest BCUT2D eigenvalue weighted by Crippen LogP contribution is -2.37. The van der Waals surface area contributed by atoms with Gasteiger partial charge in [0.2, 0.25) is 5.91 Å². The van der Waals surface area contributed by atoms with E-state index in [0.29, 0.717) is 12.6 Å². The largest absolute Gasteiger partial charge is 0.381 e. The highest BCUT2D eigenvalue weighted by atomic mass is 35.5. The van der Waals surface area contributed by atoms with Crippen LogP contribution in [0.3, 0.4) is 0 Å². The highest BCUT2D eigenvalue weighted by Crippen LogP contribution is 2.24. The molecule has 0 unspecified atom stereocenters. The topological polar surface area (TPSA) is 56.4 Å². The number of para-hydroxylation sites is 2. The molecule has 0 aromatic heterocycles. The Hall–Kier alpha value is -1.01. The van der Waals surface area contributed by atoms with Crippen molar-refractivity contribution in [1.29, 1.82) is 0 Å². The van der Waals surface area contributed by atoms with Gasteiger partial charge in [0, 0.05) is 6.04 Å². The van der Waals surface area contributed by atoms with Gasteiger partial charge < -0.3 is 20.9 Å². The Labute approximate surface area is 145 Å². The lowest BCUT2D eigenvalue weighted by Gasteiger charge is -2.30. The summed E-state index contributed by atoms with van der Waals surface area (Å²) in [6.07, 6.45) is 2.27. The smallest absolute Gasteiger partial charge is 0.238 e. The predicted molar refractivity (Wildman–Crippen MR) is 97.6 cm³/mol. The maximum Gasteiger partial charge on any atom is 0.238 e. The van der Waals surface area contributed by atoms with Crippen LogP contribution in [-0.4, -0.2) is 50.6 Å². The van der Waals surface area contributed by atoms with Gasteiger partial charge in [-0.25, -0.2) is 0 Å². The van der Waals surface area contributed by atoms with Crippen molar-refractivity contribution in [1.82, 2.24) is 10.2 Å². The summed E-state index contributed by atoms with van der Waals surface area (Å²) in [5, 5.41) is 9.35. The zero-order valence-corrected chi connectivity index (χ0v) is 14.7. The number of nitrogens with one attached hydrogen (secondary N) is 3. The first-order chi connectivity index (χ1) is 9.69. The highest BCUT2D eigenvalue weighted by Gasteiger charge is 2.17. The minimum absolute atomic E-state index is 0. The van der Waals surface area contributed by atoms with Gasteiger partial charge in [0.05, 0.1) is 17.9 Å². The van der Waals surface area contributed by atoms with Crippen molar-refractivity contribution >= 4 is 42.1 Å². The SMILES string of the molecule is CNCC(=O)Nc1ccccc1NC1CCN(C)CC1.Cl.Cl. The van der Waals surface area contributed by atoms with E-state index in [1.165, 1.54) is 0 Å². The molecule has 1 aliphatic rings. The number of carbonyl (C=O) groups is 1. The summed E-state index contributed by atoms with van der Waals surface area (Å²) in [7, 11) is 3.92. The van der Waals surface area contributed by atoms with E-state index < -0.39 is 0 Å². The van der Waals surface area contributed by atoms with E-state index in [-0.39, 0.29) is 30.7 Å². The molecule has 1 aromatic carbocycles. The Kier molecular flexibility index (Phi) is 10.2. The summed E-state index contributed by atoms with van der Waals surface area (Å²) < 4.78 is 0. The van der Waals surface area contributed by atoms with Crippen molar-refractivity contribution in [3.63, 3.8) is 0 Å². The van der Waals surface area contributed by atoms with Crippen LogP contribution in [0.2, 0.25) is 0 Å². The molecular formula is C15H26Cl2N4O. The number of nitrogens with zero attached hydrogens (tertiary/aromatic N) is 1. The molecule has 0 spiro atoms. The first-order valence-electron chi connectivity index (χ1n) is 7.17. The standard InChI is InChI=1S/C15H24N4O.2ClH/c1-16-11-15(20)18-14-6-4-3-5-13(14)17-12-7-9-19(2)10-8-12;;/h3-6,12,16-17H,7-11H2,1-2H3,(H,18,20);2*1H. The first kappa shape index (κ1) is 21.0. The second-order valence-corrected chi connectivity index (χ2v) is 5.35. The van der Waals surface area contributed by atoms with Gasteiger partial charge in [-0.2, -0.15) is 0 Å². The van der Waals surface area contributed by atoms with Crippen molar-refractivity contribution < 1.29 is 4.79 Å². The number of piperidine rings is 1. The Bertz CT molecular complexity index is 451. The summed E-state index contributed by atoms with van der Waals surface area (Å²) >= 11 is 0. The van der Waals surface area contributed by atoms with E-state index in [1.54, 1.807) is 7.05 Å². The molecule has 0 aliphatic carbocycles. The molecule has 126 valence electrons. The number of benzene rings is 1. The second-order valence-electron chi connectivity index (χ2n) is 5.35. The van der Waals surface area contributed by atoms with Gasteiger partial charge in [0.1, 0.15) is 0 Å². The lowest BCUT2D eigenvalue weighted by atomic mass is 10.0. The molecule has 2 rings (SSSR count). The molecule has 1 saturated heterocycles. The van der Waals surface area contributed by atoms with Gasteiger partial charge in [-0.15, -0.1) is 24.8 Å². The summed E-state index contributed by atoms with van der Waals surface area (Å²) in [5.74, 6) is -0.0230. The normalized spacial score (nSPS) is 15.4. The lowest BCUT2D eigenvalue weighted by molar-refractivity contribution is -0.115. The van der Waals surface area contributed by atoms with Crippen LogP contribution in [0.4, 0.5) is 11.4 Å². The number of rotatable bonds is 5. The number of hydrogen-bond acceptors (Lipinski definition) is 4. The highest BCUT2D eigenvalue weighted by molar-refractivity contribution is 5.95. The van der Waals surface area contributed by atoms with Crippen LogP contribution in [-0.2, 0) is 4.79 Å². The number of likely N-dealkylation sites (tertiary alicyclic amines) is 1. The molecule has 7 heteroatoms. The third kappa shape index (κ3) is 6.40. The molecule has 3 N–H and O–H groups in total. The molecule has 1 heterocycles. The molecule has 1 fully saturated rings. The van der Waals surface area contributed by atoms with Crippen LogP contribution in [0.1, 0.15) is 12.8 Å². The van der Waals surface area contributed by atoms with Gasteiger partial charge in [-0.05, 0) is 52.2 Å². The molecule has 22 heavy (non-hydrogen) atoms. The number of carbonyl (C=O) groups excluding carboxylic acids is 1. The molecule has 0 atom stereocenters. The van der Waals surface area contributed by atoms with Crippen molar-refractivity contribution in [2.45, 2.75) is 18.9 Å². The Balaban J connectivity index is 0.00000220. The fourth-order valence-corrected chi connectivity index (χ4v) is 2.45. The van der Waals surface area contributed by atoms with Gasteiger partial charge in [-0.3, -0.25) is 4.79 Å². The van der Waals surface area contributed by atoms with Gasteiger partial charge in [-0.1, -0.05) is 12.1 Å². The minimum atomic E-state index is -0.0230. The van der Waals surface area contributed by atoms with Crippen molar-refractivity contribution in [3.05, 3.63) is 24.3 Å². The molecule has 0 saturated carbocycles. The zero-order valence-electron chi connectivity index (χ0n) is 13.1. The van der Waals surface area contributed by atoms with Crippen LogP contribution in [0.25, 0.3) is 0 Å². The van der Waals surface area contributed by atoms with E-state index in [1.807, 2.05) is 24.3 Å². The molecule has 0 bridgehead atoms. The van der Waals surface area contributed by atoms with Crippen LogP contribution < -0.4 is 16.0 Å². The first-order valence-corrected chi connectivity index (χ1v) is 7.17. The molecule has 1 aliphatic heterocycles. The second kappa shape index (κ2) is 10.7. The third-order valence-electron chi connectivity index (χ3n) is 3.62. The maximum atomic E-state index is 11.7. The van der Waals surface area contributed by atoms with E-state index in [2.05, 4.69) is 27.9 Å². The van der Waals surface area contributed by atoms with Crippen LogP contribution in [0.5, 0.6) is 0 Å². The average molecular weight is 349 g/mol. The third-order valence-corrected chi connectivity index (χ3v) is 3.62. The molecular weight excluding hydrogens is 323 g/mol. The van der Waals surface area contributed by atoms with Crippen molar-refractivity contribution in [2.75, 3.05) is 44.4 Å². The number of hydrogen-bond donors (Lipinski definition) is 3. The fourth-order valence-electron chi connectivity index (χ4n) is 2.45. The number of amides is 1. The number of halogens is 2. The summed E-state index contributed by atoms with van der Waals surface area (Å²) in [6.45, 7) is 2.56. The van der Waals surface area contributed by atoms with E-state index in [9.17, 15) is 4.79 Å². The van der Waals surface area contributed by atoms with Crippen molar-refractivity contribution in [3.8, 4) is 0 Å². The Morgan fingerprint density at radius 1 is 1.18 bits per heavy atom. The summed E-state index contributed by atoms with van der Waals surface area (Å²) in [5.41, 5.74) is 1.86. The quantitative estimate of drug-likeness (QED) is 0.763. The average Bonchev–Trinajstić information content (AvgIpc) is 2.44. The molecule has 0 radical (unpaired) electrons. The van der Waals surface area contributed by atoms with Gasteiger partial charge in [0.15, 0.2) is 0 Å². The van der Waals surface area contributed by atoms with Crippen LogP contribution in [0, 0.1) is 0 Å². The fraction of sp³-hybridized carbons (Fsp3) is 0.533. The molecule has 1 aromatic rings. The Morgan fingerprint density at radius 2 is 1.77 bits per heavy atom. The van der Waals surface area contributed by atoms with Crippen LogP contribution in [0.15, 0.2) is 24.3 Å². The van der Waals surface area contributed by atoms with E-state index in [0.717, 1.165) is 37.3 Å². The predicted octanol–water partition coefficient (Wildman–Crippen LogP) is 2.19. The summed E-state index contributed by atoms with van der Waals surface area (Å²) in [6, 6.07) is 8.37. The maximum absolute atomic E-state index is 11.7. The van der Waals surface area contributed by atoms with E-state index >= 15 is 0 Å². The summed E-state index contributed by atoms with van der Waals surface area (Å²) in [4.78, 5) is 14.0. The zero-order chi connectivity index (χ0) is 14.4. The van der Waals surface area contributed by atoms with Gasteiger partial charge in [0.25, 0.3) is 0 Å². The molecule has 5 nitrogen and oxygen atoms in total. The number of anilines is 2.